The number of allylic oxidation sites excluding steroid dienone is 6. The average Bonchev–Trinajstić information content (AvgIpc) is 3.80. The first-order valence-electron chi connectivity index (χ1n) is 20.1. The zero-order valence-corrected chi connectivity index (χ0v) is 26.7. The Hall–Kier alpha value is -1.56. The molecule has 0 aromatic heterocycles. The Balaban J connectivity index is 1.17. The SMILES string of the molecule is CCC1CC2CCC34CC35c3c6c7c8c9c3C3=C%10C(CC(CC)C35)CC3CC5CC%11CCC%12(CC7%12C1C6=C24)C%11=C8C5C91CC%1031. The summed E-state index contributed by atoms with van der Waals surface area (Å²) in [6.07, 6.45) is 21.9. The molecule has 7 fully saturated rings. The summed E-state index contributed by atoms with van der Waals surface area (Å²) in [5.74, 6) is 9.60. The van der Waals surface area contributed by atoms with E-state index < -0.39 is 0 Å². The zero-order chi connectivity index (χ0) is 27.6. The van der Waals surface area contributed by atoms with Crippen LogP contribution in [0.25, 0.3) is 16.7 Å². The molecule has 0 amide bonds. The molecule has 0 bridgehead atoms. The van der Waals surface area contributed by atoms with Gasteiger partial charge in [0.05, 0.1) is 0 Å². The standard InChI is InChI=1S/C44H44/c1-3-17-9-19-5-7-39-15-43(39)33-18(4-2)10-21-12-23-13-22-11-20-6-8-40-14-42(40)32(17)24(30(19)39)27-36(42)28-25(31(20)40)35(22)44-16-41(23,44)34(21)26(33)29(37(27)43)38(28)44/h17-23,32-33,35H,3-16H2,1-2H3. The molecule has 6 spiro atoms. The third-order valence-corrected chi connectivity index (χ3v) is 21.5. The van der Waals surface area contributed by atoms with Gasteiger partial charge < -0.3 is 0 Å². The molecule has 0 heteroatoms. The van der Waals surface area contributed by atoms with Crippen molar-refractivity contribution in [2.45, 2.75) is 120 Å². The fourth-order valence-corrected chi connectivity index (χ4v) is 21.7. The minimum atomic E-state index is 0.535. The monoisotopic (exact) mass is 572 g/mol. The first-order valence-corrected chi connectivity index (χ1v) is 20.1. The molecule has 0 N–H and O–H groups in total. The smallest absolute Gasteiger partial charge is 0.0142 e. The molecule has 0 nitrogen and oxygen atoms in total. The van der Waals surface area contributed by atoms with Crippen LogP contribution in [0.15, 0.2) is 16.7 Å². The molecule has 16 aliphatic carbocycles. The maximum atomic E-state index is 2.63. The van der Waals surface area contributed by atoms with E-state index in [0.717, 1.165) is 59.2 Å². The third-order valence-electron chi connectivity index (χ3n) is 21.5. The Labute approximate surface area is 261 Å². The Morgan fingerprint density at radius 3 is 1.75 bits per heavy atom. The van der Waals surface area contributed by atoms with Gasteiger partial charge in [-0.15, -0.1) is 0 Å². The summed E-state index contributed by atoms with van der Waals surface area (Å²) in [7, 11) is 0. The molecule has 44 heavy (non-hydrogen) atoms. The average molecular weight is 573 g/mol. The van der Waals surface area contributed by atoms with Crippen molar-refractivity contribution in [3.63, 3.8) is 0 Å². The van der Waals surface area contributed by atoms with Gasteiger partial charge in [0, 0.05) is 32.5 Å². The van der Waals surface area contributed by atoms with Gasteiger partial charge in [0.25, 0.3) is 0 Å². The number of hydrogen-bond acceptors (Lipinski definition) is 0. The number of hydrogen-bond donors (Lipinski definition) is 0. The van der Waals surface area contributed by atoms with Crippen LogP contribution in [-0.4, -0.2) is 0 Å². The predicted molar refractivity (Wildman–Crippen MR) is 170 cm³/mol. The van der Waals surface area contributed by atoms with Crippen molar-refractivity contribution in [2.75, 3.05) is 0 Å². The van der Waals surface area contributed by atoms with Crippen LogP contribution >= 0.6 is 0 Å². The largest absolute Gasteiger partial charge is 0.0651 e. The van der Waals surface area contributed by atoms with Gasteiger partial charge in [-0.1, -0.05) is 43.4 Å². The van der Waals surface area contributed by atoms with Crippen molar-refractivity contribution in [3.8, 4) is 0 Å². The Morgan fingerprint density at radius 1 is 0.523 bits per heavy atom. The molecule has 220 valence electrons. The lowest BCUT2D eigenvalue weighted by atomic mass is 9.53. The summed E-state index contributed by atoms with van der Waals surface area (Å²) < 4.78 is 0. The highest BCUT2D eigenvalue weighted by molar-refractivity contribution is 6.09. The van der Waals surface area contributed by atoms with E-state index in [9.17, 15) is 0 Å². The van der Waals surface area contributed by atoms with E-state index in [2.05, 4.69) is 80.7 Å². The van der Waals surface area contributed by atoms with Gasteiger partial charge in [0.15, 0.2) is 0 Å². The lowest BCUT2D eigenvalue weighted by molar-refractivity contribution is 0.128. The van der Waals surface area contributed by atoms with E-state index in [1.165, 1.54) is 12.8 Å². The molecule has 0 radical (unpaired) electrons. The lowest BCUT2D eigenvalue weighted by Crippen LogP contribution is -2.44. The van der Waals surface area contributed by atoms with Crippen LogP contribution in [0.3, 0.4) is 0 Å². The molecule has 0 heterocycles. The maximum Gasteiger partial charge on any atom is 0.0142 e. The molecular weight excluding hydrogens is 528 g/mol. The molecule has 17 rings (SSSR count). The van der Waals surface area contributed by atoms with Crippen LogP contribution in [0.5, 0.6) is 0 Å². The highest BCUT2D eigenvalue weighted by Crippen LogP contribution is 3.01. The Kier molecular flexibility index (Phi) is 2.51. The summed E-state index contributed by atoms with van der Waals surface area (Å²) in [5.41, 5.74) is 29.1. The van der Waals surface area contributed by atoms with Gasteiger partial charge in [0.2, 0.25) is 0 Å². The van der Waals surface area contributed by atoms with Crippen molar-refractivity contribution < 1.29 is 0 Å². The van der Waals surface area contributed by atoms with Crippen LogP contribution in [0.1, 0.15) is 137 Å². The first-order chi connectivity index (χ1) is 21.6. The van der Waals surface area contributed by atoms with E-state index in [1.807, 2.05) is 0 Å². The predicted octanol–water partition coefficient (Wildman–Crippen LogP) is 9.50. The van der Waals surface area contributed by atoms with Crippen molar-refractivity contribution in [1.29, 1.82) is 0 Å². The zero-order valence-electron chi connectivity index (χ0n) is 26.7. The van der Waals surface area contributed by atoms with E-state index in [4.69, 9.17) is 0 Å². The normalized spacial score (nSPS) is 65.3. The molecule has 1 aromatic carbocycles. The molecule has 1 aromatic rings. The first kappa shape index (κ1) is 21.3. The van der Waals surface area contributed by atoms with E-state index in [-0.39, 0.29) is 0 Å². The summed E-state index contributed by atoms with van der Waals surface area (Å²) in [6, 6.07) is 0. The molecular formula is C44H44. The van der Waals surface area contributed by atoms with Crippen LogP contribution in [0, 0.1) is 75.4 Å². The fraction of sp³-hybridized carbons (Fsp3) is 0.727. The fourth-order valence-electron chi connectivity index (χ4n) is 21.7. The van der Waals surface area contributed by atoms with Gasteiger partial charge in [-0.05, 0) is 186 Å². The van der Waals surface area contributed by atoms with Crippen molar-refractivity contribution >= 4 is 16.7 Å². The molecule has 0 aliphatic heterocycles. The van der Waals surface area contributed by atoms with Crippen LogP contribution in [0.4, 0.5) is 0 Å². The quantitative estimate of drug-likeness (QED) is 0.331. The third kappa shape index (κ3) is 1.33. The van der Waals surface area contributed by atoms with Gasteiger partial charge in [0.1, 0.15) is 0 Å². The Morgan fingerprint density at radius 2 is 1.09 bits per heavy atom. The second kappa shape index (κ2) is 5.17. The summed E-state index contributed by atoms with van der Waals surface area (Å²) in [4.78, 5) is 0. The van der Waals surface area contributed by atoms with Crippen LogP contribution in [-0.2, 0) is 16.2 Å². The van der Waals surface area contributed by atoms with Gasteiger partial charge in [-0.25, -0.2) is 0 Å². The molecule has 16 unspecified atom stereocenters. The van der Waals surface area contributed by atoms with Crippen molar-refractivity contribution in [3.05, 3.63) is 50.1 Å². The van der Waals surface area contributed by atoms with E-state index in [1.54, 1.807) is 77.0 Å². The summed E-state index contributed by atoms with van der Waals surface area (Å²) in [5, 5.41) is 0. The van der Waals surface area contributed by atoms with Gasteiger partial charge >= 0.3 is 0 Å². The highest BCUT2D eigenvalue weighted by atomic mass is 15.0. The lowest BCUT2D eigenvalue weighted by Gasteiger charge is -2.50. The Bertz CT molecular complexity index is 2070. The highest BCUT2D eigenvalue weighted by Gasteiger charge is 2.94. The van der Waals surface area contributed by atoms with Crippen molar-refractivity contribution in [1.82, 2.24) is 0 Å². The molecule has 0 saturated heterocycles. The van der Waals surface area contributed by atoms with Gasteiger partial charge in [-0.2, -0.15) is 0 Å². The van der Waals surface area contributed by atoms with Gasteiger partial charge in [-0.3, -0.25) is 0 Å². The van der Waals surface area contributed by atoms with E-state index in [0.29, 0.717) is 32.5 Å². The maximum absolute atomic E-state index is 2.63. The topological polar surface area (TPSA) is 0 Å². The molecule has 16 atom stereocenters. The minimum absolute atomic E-state index is 0.535. The molecule has 16 aliphatic rings. The second-order valence-corrected chi connectivity index (χ2v) is 20.9. The van der Waals surface area contributed by atoms with Crippen molar-refractivity contribution in [2.24, 2.45) is 75.4 Å². The number of benzene rings is 1. The second-order valence-electron chi connectivity index (χ2n) is 20.9. The summed E-state index contributed by atoms with van der Waals surface area (Å²) >= 11 is 0. The molecule has 7 saturated carbocycles. The van der Waals surface area contributed by atoms with Crippen LogP contribution < -0.4 is 0 Å². The van der Waals surface area contributed by atoms with E-state index >= 15 is 0 Å². The number of rotatable bonds is 2. The minimum Gasteiger partial charge on any atom is -0.0651 e. The van der Waals surface area contributed by atoms with Crippen LogP contribution in [0.2, 0.25) is 0 Å². The summed E-state index contributed by atoms with van der Waals surface area (Å²) in [6.45, 7) is 5.25.